The Morgan fingerprint density at radius 2 is 1.78 bits per heavy atom. The number of hydrogen-bond acceptors (Lipinski definition) is 4. The van der Waals surface area contributed by atoms with Gasteiger partial charge in [-0.3, -0.25) is 4.79 Å². The van der Waals surface area contributed by atoms with Gasteiger partial charge in [0.25, 0.3) is 5.91 Å². The maximum Gasteiger partial charge on any atom is 0.254 e. The molecule has 0 aliphatic carbocycles. The molecule has 0 fully saturated rings. The summed E-state index contributed by atoms with van der Waals surface area (Å²) in [4.78, 5) is 18.7. The van der Waals surface area contributed by atoms with Gasteiger partial charge < -0.3 is 15.0 Å². The van der Waals surface area contributed by atoms with E-state index >= 15 is 0 Å². The second-order valence-corrected chi connectivity index (χ2v) is 6.28. The van der Waals surface area contributed by atoms with Crippen molar-refractivity contribution in [3.05, 3.63) is 89.6 Å². The number of benzene rings is 2. The summed E-state index contributed by atoms with van der Waals surface area (Å²) in [7, 11) is 3.45. The van der Waals surface area contributed by atoms with Crippen LogP contribution < -0.4 is 10.1 Å². The number of amides is 1. The van der Waals surface area contributed by atoms with Crippen molar-refractivity contribution in [2.75, 3.05) is 19.5 Å². The smallest absolute Gasteiger partial charge is 0.254 e. The Balaban J connectivity index is 1.62. The highest BCUT2D eigenvalue weighted by Crippen LogP contribution is 2.15. The molecule has 0 unspecified atom stereocenters. The molecule has 1 heterocycles. The van der Waals surface area contributed by atoms with Crippen molar-refractivity contribution in [3.63, 3.8) is 0 Å². The van der Waals surface area contributed by atoms with E-state index in [0.29, 0.717) is 24.5 Å². The number of carbonyl (C=O) groups is 1. The average molecular weight is 361 g/mol. The number of nitrogens with zero attached hydrogens (tertiary/aromatic N) is 2. The Morgan fingerprint density at radius 1 is 1.04 bits per heavy atom. The first-order valence-electron chi connectivity index (χ1n) is 8.78. The van der Waals surface area contributed by atoms with Gasteiger partial charge in [-0.05, 0) is 35.4 Å². The van der Waals surface area contributed by atoms with Crippen molar-refractivity contribution in [2.24, 2.45) is 0 Å². The van der Waals surface area contributed by atoms with Crippen molar-refractivity contribution in [3.8, 4) is 5.75 Å². The van der Waals surface area contributed by atoms with Crippen LogP contribution in [0.2, 0.25) is 0 Å². The van der Waals surface area contributed by atoms with Crippen LogP contribution in [0, 0.1) is 0 Å². The van der Waals surface area contributed by atoms with Gasteiger partial charge in [0.1, 0.15) is 11.6 Å². The fourth-order valence-electron chi connectivity index (χ4n) is 2.75. The van der Waals surface area contributed by atoms with Crippen LogP contribution in [0.5, 0.6) is 5.75 Å². The number of carbonyl (C=O) groups excluding carboxylic acids is 1. The van der Waals surface area contributed by atoms with Crippen LogP contribution in [0.4, 0.5) is 5.82 Å². The molecule has 3 aromatic rings. The molecule has 27 heavy (non-hydrogen) atoms. The lowest BCUT2D eigenvalue weighted by atomic mass is 10.2. The first kappa shape index (κ1) is 18.5. The molecule has 5 heteroatoms. The largest absolute Gasteiger partial charge is 0.497 e. The molecule has 0 saturated heterocycles. The molecule has 0 radical (unpaired) electrons. The Labute approximate surface area is 159 Å². The van der Waals surface area contributed by atoms with Crippen LogP contribution in [-0.4, -0.2) is 29.9 Å². The monoisotopic (exact) mass is 361 g/mol. The number of pyridine rings is 1. The van der Waals surface area contributed by atoms with Gasteiger partial charge in [-0.25, -0.2) is 4.98 Å². The second-order valence-electron chi connectivity index (χ2n) is 6.28. The van der Waals surface area contributed by atoms with Gasteiger partial charge in [-0.15, -0.1) is 0 Å². The molecule has 2 aromatic carbocycles. The van der Waals surface area contributed by atoms with E-state index in [4.69, 9.17) is 4.74 Å². The van der Waals surface area contributed by atoms with Gasteiger partial charge in [0, 0.05) is 31.9 Å². The summed E-state index contributed by atoms with van der Waals surface area (Å²) in [5.41, 5.74) is 2.82. The molecule has 0 spiro atoms. The van der Waals surface area contributed by atoms with Gasteiger partial charge in [0.05, 0.1) is 7.11 Å². The van der Waals surface area contributed by atoms with Gasteiger partial charge in [0.2, 0.25) is 0 Å². The highest BCUT2D eigenvalue weighted by Gasteiger charge is 2.13. The third kappa shape index (κ3) is 5.07. The van der Waals surface area contributed by atoms with E-state index < -0.39 is 0 Å². The van der Waals surface area contributed by atoms with E-state index in [1.165, 1.54) is 0 Å². The van der Waals surface area contributed by atoms with Gasteiger partial charge >= 0.3 is 0 Å². The standard InChI is InChI=1S/C22H23N3O2/c1-25(16-18-6-4-3-5-7-18)22(26)19-12-13-23-21(14-19)24-15-17-8-10-20(27-2)11-9-17/h3-14H,15-16H2,1-2H3,(H,23,24). The summed E-state index contributed by atoms with van der Waals surface area (Å²) in [6.45, 7) is 1.19. The molecule has 1 amide bonds. The van der Waals surface area contributed by atoms with Crippen LogP contribution in [0.25, 0.3) is 0 Å². The summed E-state index contributed by atoms with van der Waals surface area (Å²) in [5.74, 6) is 1.46. The summed E-state index contributed by atoms with van der Waals surface area (Å²) < 4.78 is 5.16. The van der Waals surface area contributed by atoms with Crippen LogP contribution >= 0.6 is 0 Å². The first-order chi connectivity index (χ1) is 13.2. The second kappa shape index (κ2) is 8.85. The Bertz CT molecular complexity index is 880. The predicted molar refractivity (Wildman–Crippen MR) is 107 cm³/mol. The molecule has 0 aliphatic rings. The zero-order valence-electron chi connectivity index (χ0n) is 15.6. The lowest BCUT2D eigenvalue weighted by Gasteiger charge is -2.17. The van der Waals surface area contributed by atoms with Crippen LogP contribution in [0.1, 0.15) is 21.5 Å². The number of hydrogen-bond donors (Lipinski definition) is 1. The van der Waals surface area contributed by atoms with Gasteiger partial charge in [0.15, 0.2) is 0 Å². The molecule has 1 N–H and O–H groups in total. The lowest BCUT2D eigenvalue weighted by Crippen LogP contribution is -2.26. The summed E-state index contributed by atoms with van der Waals surface area (Å²) in [6, 6.07) is 21.3. The van der Waals surface area contributed by atoms with Crippen LogP contribution in [0.15, 0.2) is 72.9 Å². The number of nitrogens with one attached hydrogen (secondary N) is 1. The number of ether oxygens (including phenoxy) is 1. The number of rotatable bonds is 7. The van der Waals surface area contributed by atoms with Crippen molar-refractivity contribution < 1.29 is 9.53 Å². The van der Waals surface area contributed by atoms with Crippen molar-refractivity contribution in [1.82, 2.24) is 9.88 Å². The molecule has 5 nitrogen and oxygen atoms in total. The molecular weight excluding hydrogens is 338 g/mol. The predicted octanol–water partition coefficient (Wildman–Crippen LogP) is 3.97. The van der Waals surface area contributed by atoms with E-state index in [0.717, 1.165) is 16.9 Å². The summed E-state index contributed by atoms with van der Waals surface area (Å²) >= 11 is 0. The molecular formula is C22H23N3O2. The van der Waals surface area contributed by atoms with E-state index in [2.05, 4.69) is 10.3 Å². The minimum atomic E-state index is -0.0336. The minimum Gasteiger partial charge on any atom is -0.497 e. The third-order valence-electron chi connectivity index (χ3n) is 4.25. The zero-order chi connectivity index (χ0) is 19.1. The molecule has 0 aliphatic heterocycles. The van der Waals surface area contributed by atoms with E-state index in [1.54, 1.807) is 37.4 Å². The van der Waals surface area contributed by atoms with Crippen LogP contribution in [0.3, 0.4) is 0 Å². The highest BCUT2D eigenvalue weighted by atomic mass is 16.5. The Morgan fingerprint density at radius 3 is 2.48 bits per heavy atom. The summed E-state index contributed by atoms with van der Waals surface area (Å²) in [6.07, 6.45) is 1.65. The van der Waals surface area contributed by atoms with E-state index in [1.807, 2.05) is 54.6 Å². The number of methoxy groups -OCH3 is 1. The fourth-order valence-corrected chi connectivity index (χ4v) is 2.75. The topological polar surface area (TPSA) is 54.5 Å². The number of anilines is 1. The quantitative estimate of drug-likeness (QED) is 0.692. The van der Waals surface area contributed by atoms with E-state index in [-0.39, 0.29) is 5.91 Å². The number of aromatic nitrogens is 1. The lowest BCUT2D eigenvalue weighted by molar-refractivity contribution is 0.0785. The molecule has 3 rings (SSSR count). The maximum absolute atomic E-state index is 12.7. The van der Waals surface area contributed by atoms with Crippen molar-refractivity contribution in [1.29, 1.82) is 0 Å². The normalized spacial score (nSPS) is 10.3. The highest BCUT2D eigenvalue weighted by molar-refractivity contribution is 5.94. The zero-order valence-corrected chi connectivity index (χ0v) is 15.6. The minimum absolute atomic E-state index is 0.0336. The fraction of sp³-hybridized carbons (Fsp3) is 0.182. The van der Waals surface area contributed by atoms with Gasteiger partial charge in [-0.2, -0.15) is 0 Å². The Hall–Kier alpha value is -3.34. The molecule has 0 saturated carbocycles. The SMILES string of the molecule is COc1ccc(CNc2cc(C(=O)N(C)Cc3ccccc3)ccn2)cc1. The summed E-state index contributed by atoms with van der Waals surface area (Å²) in [5, 5.41) is 3.26. The molecule has 0 atom stereocenters. The third-order valence-corrected chi connectivity index (χ3v) is 4.25. The van der Waals surface area contributed by atoms with Crippen molar-refractivity contribution in [2.45, 2.75) is 13.1 Å². The molecule has 1 aromatic heterocycles. The Kier molecular flexibility index (Phi) is 6.05. The average Bonchev–Trinajstić information content (AvgIpc) is 2.73. The van der Waals surface area contributed by atoms with Gasteiger partial charge in [-0.1, -0.05) is 42.5 Å². The molecule has 138 valence electrons. The van der Waals surface area contributed by atoms with E-state index in [9.17, 15) is 4.79 Å². The molecule has 0 bridgehead atoms. The van der Waals surface area contributed by atoms with Crippen molar-refractivity contribution >= 4 is 11.7 Å². The maximum atomic E-state index is 12.7. The first-order valence-corrected chi connectivity index (χ1v) is 8.78. The van der Waals surface area contributed by atoms with Crippen LogP contribution in [-0.2, 0) is 13.1 Å².